The lowest BCUT2D eigenvalue weighted by molar-refractivity contribution is 0.101. The van der Waals surface area contributed by atoms with Crippen molar-refractivity contribution in [3.8, 4) is 0 Å². The van der Waals surface area contributed by atoms with Gasteiger partial charge in [-0.1, -0.05) is 0 Å². The average molecular weight is 221 g/mol. The number of carbonyl (C=O) groups excluding carboxylic acids is 1. The van der Waals surface area contributed by atoms with Crippen LogP contribution in [0, 0.1) is 0 Å². The molecule has 0 saturated heterocycles. The zero-order chi connectivity index (χ0) is 12.0. The lowest BCUT2D eigenvalue weighted by Crippen LogP contribution is -2.22. The second-order valence-electron chi connectivity index (χ2n) is 3.72. The molecular weight excluding hydrogens is 202 g/mol. The Morgan fingerprint density at radius 3 is 2.44 bits per heavy atom. The maximum atomic E-state index is 11.1. The van der Waals surface area contributed by atoms with Crippen molar-refractivity contribution in [2.45, 2.75) is 13.8 Å². The zero-order valence-corrected chi connectivity index (χ0v) is 10.2. The number of ether oxygens (including phenoxy) is 1. The normalized spacial score (nSPS) is 10.2. The second kappa shape index (κ2) is 6.28. The molecule has 0 N–H and O–H groups in total. The fourth-order valence-corrected chi connectivity index (χ4v) is 1.43. The van der Waals surface area contributed by atoms with Crippen LogP contribution in [0.1, 0.15) is 24.2 Å². The Hall–Kier alpha value is -1.35. The van der Waals surface area contributed by atoms with Gasteiger partial charge in [-0.25, -0.2) is 0 Å². The number of hydrogen-bond donors (Lipinski definition) is 0. The number of nitrogens with zero attached hydrogens (tertiary/aromatic N) is 1. The lowest BCUT2D eigenvalue weighted by atomic mass is 10.1. The molecule has 1 aromatic carbocycles. The topological polar surface area (TPSA) is 29.5 Å². The maximum absolute atomic E-state index is 11.1. The van der Waals surface area contributed by atoms with Crippen LogP contribution >= 0.6 is 0 Å². The predicted octanol–water partition coefficient (Wildman–Crippen LogP) is 2.36. The highest BCUT2D eigenvalue weighted by Crippen LogP contribution is 2.13. The first-order valence-corrected chi connectivity index (χ1v) is 5.55. The molecule has 0 aliphatic carbocycles. The predicted molar refractivity (Wildman–Crippen MR) is 66.2 cm³/mol. The Balaban J connectivity index is 2.56. The zero-order valence-electron chi connectivity index (χ0n) is 10.2. The van der Waals surface area contributed by atoms with E-state index in [1.165, 1.54) is 0 Å². The van der Waals surface area contributed by atoms with E-state index in [9.17, 15) is 4.79 Å². The highest BCUT2D eigenvalue weighted by atomic mass is 16.5. The Morgan fingerprint density at radius 1 is 1.31 bits per heavy atom. The molecule has 1 aromatic rings. The quantitative estimate of drug-likeness (QED) is 0.545. The summed E-state index contributed by atoms with van der Waals surface area (Å²) < 4.78 is 5.29. The fraction of sp³-hybridized carbons (Fsp3) is 0.462. The first-order valence-electron chi connectivity index (χ1n) is 5.55. The molecule has 3 heteroatoms. The molecule has 0 amide bonds. The monoisotopic (exact) mass is 221 g/mol. The summed E-state index contributed by atoms with van der Waals surface area (Å²) in [6, 6.07) is 7.63. The molecule has 3 nitrogen and oxygen atoms in total. The van der Waals surface area contributed by atoms with Gasteiger partial charge in [-0.05, 0) is 38.1 Å². The number of benzene rings is 1. The third kappa shape index (κ3) is 3.66. The van der Waals surface area contributed by atoms with E-state index in [4.69, 9.17) is 4.74 Å². The summed E-state index contributed by atoms with van der Waals surface area (Å²) in [5.74, 6) is 0.100. The number of hydrogen-bond acceptors (Lipinski definition) is 3. The average Bonchev–Trinajstić information content (AvgIpc) is 2.29. The SMILES string of the molecule is CCOCCN(C)c1ccc(C(C)=O)cc1. The molecule has 1 rings (SSSR count). The summed E-state index contributed by atoms with van der Waals surface area (Å²) in [6.45, 7) is 5.89. The van der Waals surface area contributed by atoms with Crippen LogP contribution in [0.4, 0.5) is 5.69 Å². The van der Waals surface area contributed by atoms with E-state index in [0.29, 0.717) is 0 Å². The van der Waals surface area contributed by atoms with Crippen molar-refractivity contribution in [3.05, 3.63) is 29.8 Å². The van der Waals surface area contributed by atoms with Gasteiger partial charge in [0, 0.05) is 31.5 Å². The van der Waals surface area contributed by atoms with Crippen molar-refractivity contribution in [2.24, 2.45) is 0 Å². The Kier molecular flexibility index (Phi) is 4.99. The van der Waals surface area contributed by atoms with Gasteiger partial charge < -0.3 is 9.64 Å². The fourth-order valence-electron chi connectivity index (χ4n) is 1.43. The molecule has 0 saturated carbocycles. The minimum atomic E-state index is 0.100. The van der Waals surface area contributed by atoms with Crippen LogP contribution in [0.2, 0.25) is 0 Å². The molecule has 0 heterocycles. The van der Waals surface area contributed by atoms with Crippen LogP contribution < -0.4 is 4.90 Å². The highest BCUT2D eigenvalue weighted by molar-refractivity contribution is 5.94. The number of ketones is 1. The summed E-state index contributed by atoms with van der Waals surface area (Å²) in [7, 11) is 2.02. The highest BCUT2D eigenvalue weighted by Gasteiger charge is 2.02. The van der Waals surface area contributed by atoms with E-state index < -0.39 is 0 Å². The van der Waals surface area contributed by atoms with Crippen molar-refractivity contribution in [1.82, 2.24) is 0 Å². The van der Waals surface area contributed by atoms with Crippen molar-refractivity contribution >= 4 is 11.5 Å². The van der Waals surface area contributed by atoms with Gasteiger partial charge in [0.25, 0.3) is 0 Å². The van der Waals surface area contributed by atoms with Gasteiger partial charge in [-0.15, -0.1) is 0 Å². The van der Waals surface area contributed by atoms with Gasteiger partial charge in [0.15, 0.2) is 5.78 Å². The van der Waals surface area contributed by atoms with Crippen molar-refractivity contribution in [2.75, 3.05) is 31.7 Å². The van der Waals surface area contributed by atoms with E-state index in [1.807, 2.05) is 38.2 Å². The smallest absolute Gasteiger partial charge is 0.159 e. The van der Waals surface area contributed by atoms with Gasteiger partial charge in [0.2, 0.25) is 0 Å². The third-order valence-electron chi connectivity index (χ3n) is 2.49. The van der Waals surface area contributed by atoms with Crippen molar-refractivity contribution in [1.29, 1.82) is 0 Å². The Labute approximate surface area is 97.0 Å². The van der Waals surface area contributed by atoms with Gasteiger partial charge in [-0.3, -0.25) is 4.79 Å². The van der Waals surface area contributed by atoms with E-state index >= 15 is 0 Å². The van der Waals surface area contributed by atoms with Gasteiger partial charge in [-0.2, -0.15) is 0 Å². The van der Waals surface area contributed by atoms with Gasteiger partial charge >= 0.3 is 0 Å². The molecular formula is C13H19NO2. The first kappa shape index (κ1) is 12.7. The molecule has 0 atom stereocenters. The largest absolute Gasteiger partial charge is 0.380 e. The number of likely N-dealkylation sites (N-methyl/N-ethyl adjacent to an activating group) is 1. The first-order chi connectivity index (χ1) is 7.65. The number of carbonyl (C=O) groups is 1. The summed E-state index contributed by atoms with van der Waals surface area (Å²) in [4.78, 5) is 13.2. The Bertz CT molecular complexity index is 332. The van der Waals surface area contributed by atoms with Crippen molar-refractivity contribution in [3.63, 3.8) is 0 Å². The molecule has 0 aliphatic rings. The summed E-state index contributed by atoms with van der Waals surface area (Å²) in [5, 5.41) is 0. The maximum Gasteiger partial charge on any atom is 0.159 e. The number of anilines is 1. The lowest BCUT2D eigenvalue weighted by Gasteiger charge is -2.19. The van der Waals surface area contributed by atoms with Gasteiger partial charge in [0.1, 0.15) is 0 Å². The van der Waals surface area contributed by atoms with E-state index in [2.05, 4.69) is 4.90 Å². The minimum absolute atomic E-state index is 0.100. The summed E-state index contributed by atoms with van der Waals surface area (Å²) in [5.41, 5.74) is 1.85. The van der Waals surface area contributed by atoms with E-state index in [-0.39, 0.29) is 5.78 Å². The van der Waals surface area contributed by atoms with Gasteiger partial charge in [0.05, 0.1) is 6.61 Å². The number of Topliss-reactive ketones (excluding diaryl/α,β-unsaturated/α-hetero) is 1. The van der Waals surface area contributed by atoms with E-state index in [0.717, 1.165) is 31.0 Å². The standard InChI is InChI=1S/C13H19NO2/c1-4-16-10-9-14(3)13-7-5-12(6-8-13)11(2)15/h5-8H,4,9-10H2,1-3H3. The molecule has 0 radical (unpaired) electrons. The second-order valence-corrected chi connectivity index (χ2v) is 3.72. The Morgan fingerprint density at radius 2 is 1.94 bits per heavy atom. The van der Waals surface area contributed by atoms with Crippen LogP contribution in [0.3, 0.4) is 0 Å². The molecule has 0 spiro atoms. The molecule has 0 bridgehead atoms. The molecule has 0 aromatic heterocycles. The van der Waals surface area contributed by atoms with Crippen LogP contribution in [-0.4, -0.2) is 32.6 Å². The van der Waals surface area contributed by atoms with Crippen LogP contribution in [0.15, 0.2) is 24.3 Å². The summed E-state index contributed by atoms with van der Waals surface area (Å²) >= 11 is 0. The van der Waals surface area contributed by atoms with Crippen molar-refractivity contribution < 1.29 is 9.53 Å². The number of rotatable bonds is 6. The van der Waals surface area contributed by atoms with Crippen LogP contribution in [-0.2, 0) is 4.74 Å². The molecule has 88 valence electrons. The molecule has 0 fully saturated rings. The molecule has 16 heavy (non-hydrogen) atoms. The van der Waals surface area contributed by atoms with Crippen LogP contribution in [0.25, 0.3) is 0 Å². The minimum Gasteiger partial charge on any atom is -0.380 e. The van der Waals surface area contributed by atoms with E-state index in [1.54, 1.807) is 6.92 Å². The summed E-state index contributed by atoms with van der Waals surface area (Å²) in [6.07, 6.45) is 0. The third-order valence-corrected chi connectivity index (χ3v) is 2.49. The van der Waals surface area contributed by atoms with Crippen LogP contribution in [0.5, 0.6) is 0 Å². The molecule has 0 aliphatic heterocycles. The molecule has 0 unspecified atom stereocenters.